The van der Waals surface area contributed by atoms with Crippen molar-refractivity contribution in [2.24, 2.45) is 5.73 Å². The molecule has 2 atom stereocenters. The van der Waals surface area contributed by atoms with Gasteiger partial charge < -0.3 is 0 Å². The standard InChI is InChI=1S/C14H16N.C3H7O.BrH.Sn/c1-3-11-8-12-6-4-5-7-13(12)9-14(11)10(2)15;1-2-3-4;;/h3-10H,15H2,1-2H3;2-3H2,1H3;1H;/q;-1;;+1. The van der Waals surface area contributed by atoms with E-state index in [4.69, 9.17) is 8.81 Å². The minimum absolute atomic E-state index is 0. The predicted molar refractivity (Wildman–Crippen MR) is 97.3 cm³/mol. The van der Waals surface area contributed by atoms with Crippen LogP contribution in [-0.2, 0) is 3.07 Å². The topological polar surface area (TPSA) is 35.2 Å². The van der Waals surface area contributed by atoms with Crippen LogP contribution < -0.4 is 5.73 Å². The normalized spacial score (nSPS) is 13.7. The van der Waals surface area contributed by atoms with E-state index in [9.17, 15) is 0 Å². The van der Waals surface area contributed by atoms with E-state index in [2.05, 4.69) is 57.2 Å². The number of hydrogen-bond donors (Lipinski definition) is 1. The quantitative estimate of drug-likeness (QED) is 0.511. The molecule has 0 spiro atoms. The van der Waals surface area contributed by atoms with Crippen molar-refractivity contribution in [3.63, 3.8) is 0 Å². The van der Waals surface area contributed by atoms with Gasteiger partial charge in [-0.1, -0.05) is 0 Å². The van der Waals surface area contributed by atoms with Gasteiger partial charge in [-0.2, -0.15) is 0 Å². The third-order valence-corrected chi connectivity index (χ3v) is 6.43. The Hall–Kier alpha value is -0.101. The molecule has 2 rings (SSSR count). The first-order valence-corrected chi connectivity index (χ1v) is 10.1. The minimum atomic E-state index is -0.841. The molecule has 0 fully saturated rings. The Bertz CT molecular complexity index is 574. The van der Waals surface area contributed by atoms with Crippen LogP contribution in [0.15, 0.2) is 36.4 Å². The van der Waals surface area contributed by atoms with Crippen molar-refractivity contribution < 1.29 is 3.07 Å². The van der Waals surface area contributed by atoms with Crippen LogP contribution in [0.5, 0.6) is 0 Å². The molecule has 2 nitrogen and oxygen atoms in total. The molecule has 0 bridgehead atoms. The third kappa shape index (κ3) is 4.95. The first-order valence-electron chi connectivity index (χ1n) is 7.29. The summed E-state index contributed by atoms with van der Waals surface area (Å²) in [7, 11) is 0. The number of fused-ring (bicyclic) bond motifs is 1. The SMILES string of the molecule is Br.CCC[O][Sn][CH](C)c1cc2ccccc2cc1C(C)N. The summed E-state index contributed by atoms with van der Waals surface area (Å²) < 4.78 is 6.41. The number of hydrogen-bond acceptors (Lipinski definition) is 2. The van der Waals surface area contributed by atoms with Crippen LogP contribution in [0, 0.1) is 0 Å². The van der Waals surface area contributed by atoms with Crippen molar-refractivity contribution >= 4 is 49.3 Å². The van der Waals surface area contributed by atoms with E-state index in [1.807, 2.05) is 0 Å². The molecular weight excluding hydrogens is 433 g/mol. The summed E-state index contributed by atoms with van der Waals surface area (Å²) in [6, 6.07) is 13.1. The fourth-order valence-corrected chi connectivity index (χ4v) is 5.10. The Morgan fingerprint density at radius 2 is 1.67 bits per heavy atom. The Labute approximate surface area is 149 Å². The van der Waals surface area contributed by atoms with Crippen LogP contribution in [0.2, 0.25) is 0 Å². The maximum absolute atomic E-state index is 6.18. The molecule has 0 heterocycles. The molecule has 2 N–H and O–H groups in total. The molecule has 2 aromatic carbocycles. The zero-order valence-electron chi connectivity index (χ0n) is 12.9. The van der Waals surface area contributed by atoms with E-state index in [0.717, 1.165) is 13.0 Å². The molecule has 21 heavy (non-hydrogen) atoms. The fourth-order valence-electron chi connectivity index (χ4n) is 2.39. The van der Waals surface area contributed by atoms with E-state index >= 15 is 0 Å². The van der Waals surface area contributed by atoms with Gasteiger partial charge in [0.25, 0.3) is 0 Å². The van der Waals surface area contributed by atoms with Gasteiger partial charge in [-0.15, -0.1) is 17.0 Å². The van der Waals surface area contributed by atoms with Crippen LogP contribution >= 0.6 is 17.0 Å². The van der Waals surface area contributed by atoms with Gasteiger partial charge in [0.2, 0.25) is 0 Å². The summed E-state index contributed by atoms with van der Waals surface area (Å²) >= 11 is -0.841. The van der Waals surface area contributed by atoms with Crippen molar-refractivity contribution in [1.29, 1.82) is 0 Å². The van der Waals surface area contributed by atoms with Gasteiger partial charge >= 0.3 is 132 Å². The van der Waals surface area contributed by atoms with Crippen molar-refractivity contribution in [2.45, 2.75) is 37.2 Å². The summed E-state index contributed by atoms with van der Waals surface area (Å²) in [6.07, 6.45) is 1.10. The molecule has 0 saturated carbocycles. The van der Waals surface area contributed by atoms with Crippen molar-refractivity contribution in [3.8, 4) is 0 Å². The maximum atomic E-state index is 6.18. The zero-order chi connectivity index (χ0) is 14.5. The van der Waals surface area contributed by atoms with Gasteiger partial charge in [0.1, 0.15) is 0 Å². The second-order valence-corrected chi connectivity index (χ2v) is 9.27. The van der Waals surface area contributed by atoms with E-state index in [1.165, 1.54) is 21.9 Å². The van der Waals surface area contributed by atoms with Gasteiger partial charge in [0, 0.05) is 0 Å². The number of benzene rings is 2. The van der Waals surface area contributed by atoms with Crippen molar-refractivity contribution in [1.82, 2.24) is 0 Å². The van der Waals surface area contributed by atoms with Crippen molar-refractivity contribution in [3.05, 3.63) is 47.5 Å². The first-order chi connectivity index (χ1) is 9.63. The Balaban J connectivity index is 0.00000220. The number of halogens is 1. The summed E-state index contributed by atoms with van der Waals surface area (Å²) in [5, 5.41) is 2.57. The molecule has 4 heteroatoms. The second-order valence-electron chi connectivity index (χ2n) is 5.30. The van der Waals surface area contributed by atoms with Gasteiger partial charge in [-0.25, -0.2) is 0 Å². The van der Waals surface area contributed by atoms with Gasteiger partial charge in [0.05, 0.1) is 0 Å². The van der Waals surface area contributed by atoms with Crippen LogP contribution in [0.1, 0.15) is 48.3 Å². The van der Waals surface area contributed by atoms with Crippen LogP contribution in [0.4, 0.5) is 0 Å². The van der Waals surface area contributed by atoms with Gasteiger partial charge in [0.15, 0.2) is 0 Å². The van der Waals surface area contributed by atoms with E-state index in [0.29, 0.717) is 3.93 Å². The van der Waals surface area contributed by atoms with Gasteiger partial charge in [-0.3, -0.25) is 0 Å². The monoisotopic (exact) mass is 457 g/mol. The van der Waals surface area contributed by atoms with Crippen LogP contribution in [0.3, 0.4) is 0 Å². The molecule has 0 aromatic heterocycles. The fraction of sp³-hybridized carbons (Fsp3) is 0.412. The number of nitrogens with two attached hydrogens (primary N) is 1. The molecule has 114 valence electrons. The van der Waals surface area contributed by atoms with Crippen LogP contribution in [0.25, 0.3) is 10.8 Å². The van der Waals surface area contributed by atoms with E-state index < -0.39 is 21.6 Å². The zero-order valence-corrected chi connectivity index (χ0v) is 17.5. The van der Waals surface area contributed by atoms with E-state index in [-0.39, 0.29) is 23.0 Å². The molecule has 0 amide bonds. The molecule has 0 aliphatic heterocycles. The van der Waals surface area contributed by atoms with Crippen molar-refractivity contribution in [2.75, 3.05) is 6.61 Å². The molecule has 2 unspecified atom stereocenters. The average Bonchev–Trinajstić information content (AvgIpc) is 2.46. The summed E-state index contributed by atoms with van der Waals surface area (Å²) in [4.78, 5) is 0. The molecule has 0 aliphatic rings. The Morgan fingerprint density at radius 1 is 1.10 bits per heavy atom. The molecule has 2 radical (unpaired) electrons. The summed E-state index contributed by atoms with van der Waals surface area (Å²) in [5.74, 6) is 0. The molecular formula is C17H24BrNOSn. The first kappa shape index (κ1) is 18.9. The third-order valence-electron chi connectivity index (χ3n) is 3.47. The molecule has 0 aliphatic carbocycles. The average molecular weight is 457 g/mol. The number of rotatable bonds is 6. The van der Waals surface area contributed by atoms with Crippen LogP contribution in [-0.4, -0.2) is 28.2 Å². The molecule has 0 saturated heterocycles. The Morgan fingerprint density at radius 3 is 2.19 bits per heavy atom. The summed E-state index contributed by atoms with van der Waals surface area (Å²) in [5.41, 5.74) is 8.84. The Kier molecular flexibility index (Phi) is 8.24. The van der Waals surface area contributed by atoms with Gasteiger partial charge in [-0.05, 0) is 0 Å². The summed E-state index contributed by atoms with van der Waals surface area (Å²) in [6.45, 7) is 7.42. The molecule has 2 aromatic rings. The van der Waals surface area contributed by atoms with E-state index in [1.54, 1.807) is 0 Å². The second kappa shape index (κ2) is 9.13. The predicted octanol–water partition coefficient (Wildman–Crippen LogP) is 4.54.